The number of piperazine rings is 1. The molecule has 5 heteroatoms. The second-order valence-corrected chi connectivity index (χ2v) is 4.76. The lowest BCUT2D eigenvalue weighted by Gasteiger charge is -2.35. The molecule has 1 unspecified atom stereocenters. The Kier molecular flexibility index (Phi) is 5.15. The van der Waals surface area contributed by atoms with Crippen LogP contribution in [-0.4, -0.2) is 53.4 Å². The monoisotopic (exact) mass is 243 g/mol. The lowest BCUT2D eigenvalue weighted by Crippen LogP contribution is -2.51. The minimum Gasteiger partial charge on any atom is -0.393 e. The van der Waals surface area contributed by atoms with Gasteiger partial charge in [-0.3, -0.25) is 9.69 Å². The molecule has 0 bridgehead atoms. The van der Waals surface area contributed by atoms with Crippen molar-refractivity contribution in [3.05, 3.63) is 0 Å². The van der Waals surface area contributed by atoms with Gasteiger partial charge >= 0.3 is 0 Å². The summed E-state index contributed by atoms with van der Waals surface area (Å²) in [7, 11) is 0. The van der Waals surface area contributed by atoms with Gasteiger partial charge < -0.3 is 10.6 Å². The summed E-state index contributed by atoms with van der Waals surface area (Å²) in [6.45, 7) is 8.59. The zero-order valence-corrected chi connectivity index (χ0v) is 10.9. The van der Waals surface area contributed by atoms with Crippen LogP contribution < -0.4 is 5.73 Å². The van der Waals surface area contributed by atoms with Crippen molar-refractivity contribution < 1.29 is 4.79 Å². The molecule has 1 heterocycles. The Morgan fingerprint density at radius 1 is 1.38 bits per heavy atom. The van der Waals surface area contributed by atoms with Gasteiger partial charge in [-0.2, -0.15) is 0 Å². The summed E-state index contributed by atoms with van der Waals surface area (Å²) in [6.07, 6.45) is 1.16. The van der Waals surface area contributed by atoms with E-state index in [1.807, 2.05) is 4.90 Å². The van der Waals surface area contributed by atoms with Crippen LogP contribution in [0.3, 0.4) is 0 Å². The zero-order chi connectivity index (χ0) is 12.1. The van der Waals surface area contributed by atoms with Gasteiger partial charge in [-0.25, -0.2) is 0 Å². The highest BCUT2D eigenvalue weighted by molar-refractivity contribution is 7.80. The van der Waals surface area contributed by atoms with Crippen LogP contribution in [0.1, 0.15) is 20.3 Å². The lowest BCUT2D eigenvalue weighted by atomic mass is 10.1. The molecule has 1 aliphatic heterocycles. The molecule has 1 saturated heterocycles. The molecule has 1 amide bonds. The van der Waals surface area contributed by atoms with Gasteiger partial charge in [-0.1, -0.05) is 19.1 Å². The molecule has 1 aliphatic rings. The van der Waals surface area contributed by atoms with Gasteiger partial charge in [0, 0.05) is 26.2 Å². The summed E-state index contributed by atoms with van der Waals surface area (Å²) in [4.78, 5) is 16.5. The number of rotatable bonds is 4. The van der Waals surface area contributed by atoms with E-state index in [0.717, 1.165) is 39.1 Å². The van der Waals surface area contributed by atoms with Crippen LogP contribution in [-0.2, 0) is 4.79 Å². The summed E-state index contributed by atoms with van der Waals surface area (Å²) >= 11 is 4.85. The highest BCUT2D eigenvalue weighted by atomic mass is 32.1. The van der Waals surface area contributed by atoms with Gasteiger partial charge in [0.05, 0.1) is 10.9 Å². The maximum atomic E-state index is 11.9. The van der Waals surface area contributed by atoms with Crippen molar-refractivity contribution >= 4 is 23.1 Å². The van der Waals surface area contributed by atoms with Crippen LogP contribution in [0.25, 0.3) is 0 Å². The molecule has 1 atom stereocenters. The predicted octanol–water partition coefficient (Wildman–Crippen LogP) is 0.463. The molecule has 1 rings (SSSR count). The van der Waals surface area contributed by atoms with E-state index >= 15 is 0 Å². The van der Waals surface area contributed by atoms with Crippen LogP contribution in [0.4, 0.5) is 0 Å². The molecule has 4 nitrogen and oxygen atoms in total. The Hall–Kier alpha value is -0.680. The average molecular weight is 243 g/mol. The van der Waals surface area contributed by atoms with Crippen molar-refractivity contribution in [2.45, 2.75) is 20.3 Å². The van der Waals surface area contributed by atoms with E-state index in [1.54, 1.807) is 6.92 Å². The molecular formula is C11H21N3OS. The lowest BCUT2D eigenvalue weighted by molar-refractivity contribution is -0.134. The Morgan fingerprint density at radius 3 is 2.38 bits per heavy atom. The number of hydrogen-bond acceptors (Lipinski definition) is 3. The highest BCUT2D eigenvalue weighted by Gasteiger charge is 2.25. The first-order chi connectivity index (χ1) is 7.56. The minimum atomic E-state index is -0.326. The van der Waals surface area contributed by atoms with Gasteiger partial charge in [0.1, 0.15) is 0 Å². The first-order valence-corrected chi connectivity index (χ1v) is 6.27. The predicted molar refractivity (Wildman–Crippen MR) is 69.3 cm³/mol. The first-order valence-electron chi connectivity index (χ1n) is 5.86. The van der Waals surface area contributed by atoms with E-state index in [0.29, 0.717) is 4.99 Å². The topological polar surface area (TPSA) is 49.6 Å². The van der Waals surface area contributed by atoms with Crippen molar-refractivity contribution in [2.75, 3.05) is 32.7 Å². The molecule has 0 aromatic carbocycles. The number of carbonyl (C=O) groups excluding carboxylic acids is 1. The van der Waals surface area contributed by atoms with Crippen LogP contribution in [0, 0.1) is 5.92 Å². The number of thiocarbonyl (C=S) groups is 1. The van der Waals surface area contributed by atoms with E-state index in [-0.39, 0.29) is 11.8 Å². The van der Waals surface area contributed by atoms with Gasteiger partial charge in [0.25, 0.3) is 0 Å². The molecule has 0 saturated carbocycles. The van der Waals surface area contributed by atoms with Gasteiger partial charge in [0.2, 0.25) is 5.91 Å². The number of amides is 1. The first kappa shape index (κ1) is 13.4. The van der Waals surface area contributed by atoms with Crippen LogP contribution in [0.5, 0.6) is 0 Å². The smallest absolute Gasteiger partial charge is 0.232 e. The average Bonchev–Trinajstić information content (AvgIpc) is 2.28. The summed E-state index contributed by atoms with van der Waals surface area (Å²) in [5.74, 6) is -0.253. The number of carbonyl (C=O) groups is 1. The fraction of sp³-hybridized carbons (Fsp3) is 0.818. The second-order valence-electron chi connectivity index (χ2n) is 4.29. The van der Waals surface area contributed by atoms with E-state index in [1.165, 1.54) is 0 Å². The Labute approximate surface area is 103 Å². The molecule has 0 spiro atoms. The van der Waals surface area contributed by atoms with E-state index < -0.39 is 0 Å². The molecule has 0 radical (unpaired) electrons. The van der Waals surface area contributed by atoms with Crippen molar-refractivity contribution in [1.29, 1.82) is 0 Å². The van der Waals surface area contributed by atoms with Gasteiger partial charge in [-0.05, 0) is 19.9 Å². The fourth-order valence-electron chi connectivity index (χ4n) is 1.90. The Balaban J connectivity index is 2.41. The maximum absolute atomic E-state index is 11.9. The molecular weight excluding hydrogens is 222 g/mol. The third-order valence-corrected chi connectivity index (χ3v) is 3.37. The number of hydrogen-bond donors (Lipinski definition) is 1. The second kappa shape index (κ2) is 6.15. The number of nitrogens with zero attached hydrogens (tertiary/aromatic N) is 2. The van der Waals surface area contributed by atoms with Crippen LogP contribution >= 0.6 is 12.2 Å². The standard InChI is InChI=1S/C11H21N3OS/c1-3-4-13-5-7-14(8-6-13)11(15)9(2)10(12)16/h9H,3-8H2,1-2H3,(H2,12,16). The van der Waals surface area contributed by atoms with Crippen LogP contribution in [0.15, 0.2) is 0 Å². The molecule has 0 aromatic rings. The van der Waals surface area contributed by atoms with E-state index in [9.17, 15) is 4.79 Å². The molecule has 16 heavy (non-hydrogen) atoms. The van der Waals surface area contributed by atoms with Gasteiger partial charge in [0.15, 0.2) is 0 Å². The van der Waals surface area contributed by atoms with E-state index in [2.05, 4.69) is 11.8 Å². The van der Waals surface area contributed by atoms with Crippen molar-refractivity contribution in [3.63, 3.8) is 0 Å². The molecule has 0 aromatic heterocycles. The highest BCUT2D eigenvalue weighted by Crippen LogP contribution is 2.08. The third-order valence-electron chi connectivity index (χ3n) is 3.02. The van der Waals surface area contributed by atoms with Gasteiger partial charge in [-0.15, -0.1) is 0 Å². The molecule has 92 valence electrons. The summed E-state index contributed by atoms with van der Waals surface area (Å²) in [5.41, 5.74) is 5.49. The molecule has 0 aliphatic carbocycles. The summed E-state index contributed by atoms with van der Waals surface area (Å²) in [6, 6.07) is 0. The van der Waals surface area contributed by atoms with Crippen LogP contribution in [0.2, 0.25) is 0 Å². The van der Waals surface area contributed by atoms with E-state index in [4.69, 9.17) is 18.0 Å². The van der Waals surface area contributed by atoms with Crippen molar-refractivity contribution in [3.8, 4) is 0 Å². The SMILES string of the molecule is CCCN1CCN(C(=O)C(C)C(N)=S)CC1. The zero-order valence-electron chi connectivity index (χ0n) is 10.1. The number of nitrogens with two attached hydrogens (primary N) is 1. The fourth-order valence-corrected chi connectivity index (χ4v) is 2.00. The minimum absolute atomic E-state index is 0.0728. The summed E-state index contributed by atoms with van der Waals surface area (Å²) in [5, 5.41) is 0. The van der Waals surface area contributed by atoms with Crippen molar-refractivity contribution in [1.82, 2.24) is 9.80 Å². The third kappa shape index (κ3) is 3.42. The summed E-state index contributed by atoms with van der Waals surface area (Å²) < 4.78 is 0. The maximum Gasteiger partial charge on any atom is 0.232 e. The molecule has 2 N–H and O–H groups in total. The van der Waals surface area contributed by atoms with Crippen molar-refractivity contribution in [2.24, 2.45) is 11.7 Å². The molecule has 1 fully saturated rings. The largest absolute Gasteiger partial charge is 0.393 e. The quantitative estimate of drug-likeness (QED) is 0.729. The Bertz CT molecular complexity index is 262. The Morgan fingerprint density at radius 2 is 1.94 bits per heavy atom. The normalized spacial score (nSPS) is 19.5.